The third-order valence-corrected chi connectivity index (χ3v) is 4.10. The van der Waals surface area contributed by atoms with Crippen molar-refractivity contribution in [1.29, 1.82) is 0 Å². The second-order valence-corrected chi connectivity index (χ2v) is 5.59. The van der Waals surface area contributed by atoms with Gasteiger partial charge in [-0.2, -0.15) is 5.10 Å². The van der Waals surface area contributed by atoms with Crippen molar-refractivity contribution in [2.45, 2.75) is 13.8 Å². The predicted octanol–water partition coefficient (Wildman–Crippen LogP) is 3.04. The average molecular weight is 333 g/mol. The van der Waals surface area contributed by atoms with Gasteiger partial charge < -0.3 is 10.7 Å². The average Bonchev–Trinajstić information content (AvgIpc) is 2.94. The standard InChI is InChI=1S/C14H13BrN4O/c1-6-12(7(2)19-18-6)11-5-9-10(15)4-3-8(14(16)20)13(9)17-11/h3-5,17H,1-2H3,(H2,16,20)(H,18,19). The first kappa shape index (κ1) is 12.9. The maximum absolute atomic E-state index is 11.5. The van der Waals surface area contributed by atoms with Crippen LogP contribution in [0.4, 0.5) is 0 Å². The number of primary amides is 1. The number of aryl methyl sites for hydroxylation is 2. The molecule has 1 aromatic carbocycles. The first-order chi connectivity index (χ1) is 9.49. The third kappa shape index (κ3) is 1.84. The van der Waals surface area contributed by atoms with Crippen LogP contribution in [0.15, 0.2) is 22.7 Å². The zero-order valence-electron chi connectivity index (χ0n) is 11.0. The number of hydrogen-bond donors (Lipinski definition) is 3. The van der Waals surface area contributed by atoms with E-state index in [1.165, 1.54) is 0 Å². The minimum Gasteiger partial charge on any atom is -0.366 e. The fourth-order valence-corrected chi connectivity index (χ4v) is 2.92. The van der Waals surface area contributed by atoms with Crippen molar-refractivity contribution in [2.24, 2.45) is 5.73 Å². The summed E-state index contributed by atoms with van der Waals surface area (Å²) in [7, 11) is 0. The van der Waals surface area contributed by atoms with Crippen molar-refractivity contribution in [3.8, 4) is 11.3 Å². The number of aromatic nitrogens is 3. The number of nitrogens with two attached hydrogens (primary N) is 1. The van der Waals surface area contributed by atoms with E-state index in [1.807, 2.05) is 26.0 Å². The molecule has 3 aromatic rings. The molecule has 5 nitrogen and oxygen atoms in total. The number of amides is 1. The normalized spacial score (nSPS) is 11.2. The molecule has 4 N–H and O–H groups in total. The minimum atomic E-state index is -0.448. The quantitative estimate of drug-likeness (QED) is 0.673. The first-order valence-electron chi connectivity index (χ1n) is 6.12. The van der Waals surface area contributed by atoms with E-state index in [-0.39, 0.29) is 0 Å². The molecule has 0 aliphatic carbocycles. The lowest BCUT2D eigenvalue weighted by Crippen LogP contribution is -2.11. The van der Waals surface area contributed by atoms with Crippen molar-refractivity contribution >= 4 is 32.7 Å². The monoisotopic (exact) mass is 332 g/mol. The summed E-state index contributed by atoms with van der Waals surface area (Å²) in [5.41, 5.74) is 10.5. The number of benzene rings is 1. The van der Waals surface area contributed by atoms with Gasteiger partial charge in [-0.3, -0.25) is 9.89 Å². The SMILES string of the molecule is Cc1n[nH]c(C)c1-c1cc2c(Br)ccc(C(N)=O)c2[nH]1. The van der Waals surface area contributed by atoms with Gasteiger partial charge in [-0.15, -0.1) is 0 Å². The number of fused-ring (bicyclic) bond motifs is 1. The molecular formula is C14H13BrN4O. The zero-order valence-corrected chi connectivity index (χ0v) is 12.6. The largest absolute Gasteiger partial charge is 0.366 e. The molecule has 1 amide bonds. The summed E-state index contributed by atoms with van der Waals surface area (Å²) in [5, 5.41) is 8.08. The van der Waals surface area contributed by atoms with Crippen LogP contribution in [-0.4, -0.2) is 21.1 Å². The number of nitrogens with zero attached hydrogens (tertiary/aromatic N) is 1. The van der Waals surface area contributed by atoms with Gasteiger partial charge in [-0.05, 0) is 32.0 Å². The van der Waals surface area contributed by atoms with Crippen molar-refractivity contribution in [3.05, 3.63) is 39.6 Å². The highest BCUT2D eigenvalue weighted by Crippen LogP contribution is 2.33. The van der Waals surface area contributed by atoms with Crippen LogP contribution < -0.4 is 5.73 Å². The summed E-state index contributed by atoms with van der Waals surface area (Å²) >= 11 is 3.50. The lowest BCUT2D eigenvalue weighted by atomic mass is 10.1. The molecule has 3 rings (SSSR count). The Hall–Kier alpha value is -2.08. The summed E-state index contributed by atoms with van der Waals surface area (Å²) in [6.07, 6.45) is 0. The first-order valence-corrected chi connectivity index (χ1v) is 6.91. The lowest BCUT2D eigenvalue weighted by Gasteiger charge is -2.00. The van der Waals surface area contributed by atoms with Crippen molar-refractivity contribution < 1.29 is 4.79 Å². The molecule has 0 aliphatic heterocycles. The second kappa shape index (κ2) is 4.49. The lowest BCUT2D eigenvalue weighted by molar-refractivity contribution is 0.100. The molecule has 0 aliphatic rings. The van der Waals surface area contributed by atoms with Gasteiger partial charge in [0.15, 0.2) is 0 Å². The van der Waals surface area contributed by atoms with Crippen LogP contribution in [0.2, 0.25) is 0 Å². The van der Waals surface area contributed by atoms with Crippen molar-refractivity contribution in [1.82, 2.24) is 15.2 Å². The Bertz CT molecular complexity index is 812. The van der Waals surface area contributed by atoms with E-state index >= 15 is 0 Å². The number of carbonyl (C=O) groups is 1. The van der Waals surface area contributed by atoms with Gasteiger partial charge in [-0.1, -0.05) is 15.9 Å². The molecule has 2 heterocycles. The molecule has 0 bridgehead atoms. The molecule has 0 radical (unpaired) electrons. The van der Waals surface area contributed by atoms with Gasteiger partial charge >= 0.3 is 0 Å². The van der Waals surface area contributed by atoms with E-state index in [0.717, 1.165) is 38.0 Å². The van der Waals surface area contributed by atoms with E-state index in [0.29, 0.717) is 5.56 Å². The van der Waals surface area contributed by atoms with Crippen LogP contribution in [0.1, 0.15) is 21.7 Å². The molecule has 102 valence electrons. The van der Waals surface area contributed by atoms with Crippen LogP contribution in [0.25, 0.3) is 22.2 Å². The highest BCUT2D eigenvalue weighted by atomic mass is 79.9. The van der Waals surface area contributed by atoms with Crippen LogP contribution in [-0.2, 0) is 0 Å². The summed E-state index contributed by atoms with van der Waals surface area (Å²) in [6, 6.07) is 5.54. The molecule has 0 fully saturated rings. The molecular weight excluding hydrogens is 320 g/mol. The van der Waals surface area contributed by atoms with Gasteiger partial charge in [0, 0.05) is 21.1 Å². The number of H-pyrrole nitrogens is 2. The Labute approximate surface area is 123 Å². The number of halogens is 1. The summed E-state index contributed by atoms with van der Waals surface area (Å²) in [5.74, 6) is -0.448. The maximum Gasteiger partial charge on any atom is 0.250 e. The Morgan fingerprint density at radius 1 is 1.35 bits per heavy atom. The van der Waals surface area contributed by atoms with E-state index < -0.39 is 5.91 Å². The van der Waals surface area contributed by atoms with Gasteiger partial charge in [0.05, 0.1) is 22.5 Å². The predicted molar refractivity (Wildman–Crippen MR) is 81.6 cm³/mol. The molecule has 0 spiro atoms. The van der Waals surface area contributed by atoms with Crippen LogP contribution in [0.5, 0.6) is 0 Å². The third-order valence-electron chi connectivity index (χ3n) is 3.40. The Morgan fingerprint density at radius 3 is 2.70 bits per heavy atom. The molecule has 2 aromatic heterocycles. The Morgan fingerprint density at radius 2 is 2.10 bits per heavy atom. The molecule has 0 saturated carbocycles. The van der Waals surface area contributed by atoms with Crippen LogP contribution in [0.3, 0.4) is 0 Å². The van der Waals surface area contributed by atoms with Gasteiger partial charge in [-0.25, -0.2) is 0 Å². The minimum absolute atomic E-state index is 0.448. The van der Waals surface area contributed by atoms with Crippen molar-refractivity contribution in [2.75, 3.05) is 0 Å². The summed E-state index contributed by atoms with van der Waals surface area (Å²) < 4.78 is 0.916. The number of hydrogen-bond acceptors (Lipinski definition) is 2. The number of rotatable bonds is 2. The van der Waals surface area contributed by atoms with Crippen molar-refractivity contribution in [3.63, 3.8) is 0 Å². The molecule has 0 saturated heterocycles. The second-order valence-electron chi connectivity index (χ2n) is 4.74. The van der Waals surface area contributed by atoms with Gasteiger partial charge in [0.1, 0.15) is 0 Å². The fraction of sp³-hybridized carbons (Fsp3) is 0.143. The Balaban J connectivity index is 2.33. The molecule has 0 unspecified atom stereocenters. The smallest absolute Gasteiger partial charge is 0.250 e. The fourth-order valence-electron chi connectivity index (χ4n) is 2.47. The number of carbonyl (C=O) groups excluding carboxylic acids is 1. The topological polar surface area (TPSA) is 87.6 Å². The molecule has 20 heavy (non-hydrogen) atoms. The number of aromatic amines is 2. The van der Waals surface area contributed by atoms with Crippen LogP contribution >= 0.6 is 15.9 Å². The van der Waals surface area contributed by atoms with E-state index in [2.05, 4.69) is 31.1 Å². The maximum atomic E-state index is 11.5. The summed E-state index contributed by atoms with van der Waals surface area (Å²) in [6.45, 7) is 3.90. The number of nitrogens with one attached hydrogen (secondary N) is 2. The van der Waals surface area contributed by atoms with Crippen LogP contribution in [0, 0.1) is 13.8 Å². The zero-order chi connectivity index (χ0) is 14.4. The van der Waals surface area contributed by atoms with E-state index in [9.17, 15) is 4.79 Å². The van der Waals surface area contributed by atoms with Gasteiger partial charge in [0.25, 0.3) is 5.91 Å². The van der Waals surface area contributed by atoms with E-state index in [4.69, 9.17) is 5.73 Å². The van der Waals surface area contributed by atoms with E-state index in [1.54, 1.807) is 6.07 Å². The Kier molecular flexibility index (Phi) is 2.90. The summed E-state index contributed by atoms with van der Waals surface area (Å²) in [4.78, 5) is 14.8. The molecule has 0 atom stereocenters. The highest BCUT2D eigenvalue weighted by molar-refractivity contribution is 9.10. The highest BCUT2D eigenvalue weighted by Gasteiger charge is 2.16. The van der Waals surface area contributed by atoms with Gasteiger partial charge in [0.2, 0.25) is 0 Å². The molecule has 6 heteroatoms.